The van der Waals surface area contributed by atoms with Gasteiger partial charge >= 0.3 is 0 Å². The number of rotatable bonds is 11. The van der Waals surface area contributed by atoms with Crippen molar-refractivity contribution >= 4 is 66.8 Å². The molecule has 0 aliphatic rings. The second-order valence-electron chi connectivity index (χ2n) is 9.03. The van der Waals surface area contributed by atoms with Crippen LogP contribution >= 0.6 is 35.5 Å². The molecule has 39 heavy (non-hydrogen) atoms. The number of benzene rings is 3. The number of hydrogen-bond donors (Lipinski definition) is 0. The number of amides is 1. The van der Waals surface area contributed by atoms with Crippen LogP contribution in [0.3, 0.4) is 0 Å². The third-order valence-electron chi connectivity index (χ3n) is 6.12. The number of hydrogen-bond acceptors (Lipinski definition) is 7. The SMILES string of the molecule is CCN(Cc1ccccc1)S(=O)(=O)c1ccc(C(=O)N(CCN(C)C)c2nc3ccc(SC)cc3s2)cc1.Cl. The minimum atomic E-state index is -3.72. The number of thioether (sulfide) groups is 1. The first-order valence-electron chi connectivity index (χ1n) is 12.3. The van der Waals surface area contributed by atoms with E-state index in [9.17, 15) is 13.2 Å². The molecule has 4 aromatic rings. The van der Waals surface area contributed by atoms with Gasteiger partial charge in [0.25, 0.3) is 5.91 Å². The van der Waals surface area contributed by atoms with Gasteiger partial charge in [-0.25, -0.2) is 13.4 Å². The standard InChI is InChI=1S/C28H32N4O3S3.ClH/c1-5-31(20-21-9-7-6-8-10-21)38(34,35)24-14-11-22(12-15-24)27(33)32(18-17-30(2)3)28-29-25-16-13-23(36-4)19-26(25)37-28;/h6-16,19H,5,17-18,20H2,1-4H3;1H. The van der Waals surface area contributed by atoms with Crippen LogP contribution < -0.4 is 4.90 Å². The predicted octanol–water partition coefficient (Wildman–Crippen LogP) is 5.86. The summed E-state index contributed by atoms with van der Waals surface area (Å²) in [5, 5.41) is 0.627. The third kappa shape index (κ3) is 7.39. The Morgan fingerprint density at radius 2 is 1.67 bits per heavy atom. The van der Waals surface area contributed by atoms with Gasteiger partial charge in [-0.3, -0.25) is 9.69 Å². The monoisotopic (exact) mass is 604 g/mol. The normalized spacial score (nSPS) is 11.6. The van der Waals surface area contributed by atoms with Gasteiger partial charge in [0.05, 0.1) is 15.1 Å². The molecule has 0 radical (unpaired) electrons. The van der Waals surface area contributed by atoms with Gasteiger partial charge in [-0.15, -0.1) is 24.2 Å². The first-order chi connectivity index (χ1) is 18.2. The lowest BCUT2D eigenvalue weighted by Gasteiger charge is -2.23. The van der Waals surface area contributed by atoms with E-state index in [0.717, 1.165) is 20.7 Å². The third-order valence-corrected chi connectivity index (χ3v) is 9.83. The second kappa shape index (κ2) is 13.7. The number of halogens is 1. The highest BCUT2D eigenvalue weighted by Gasteiger charge is 2.25. The van der Waals surface area contributed by atoms with Gasteiger partial charge in [-0.05, 0) is 68.4 Å². The first kappa shape index (κ1) is 31.1. The lowest BCUT2D eigenvalue weighted by molar-refractivity contribution is 0.0985. The molecule has 0 aliphatic carbocycles. The van der Waals surface area contributed by atoms with Crippen LogP contribution in [0, 0.1) is 0 Å². The van der Waals surface area contributed by atoms with Crippen LogP contribution in [-0.2, 0) is 16.6 Å². The van der Waals surface area contributed by atoms with Gasteiger partial charge in [0, 0.05) is 36.6 Å². The van der Waals surface area contributed by atoms with Crippen molar-refractivity contribution in [1.29, 1.82) is 0 Å². The number of thiazole rings is 1. The molecule has 7 nitrogen and oxygen atoms in total. The van der Waals surface area contributed by atoms with Gasteiger partial charge in [-0.2, -0.15) is 4.31 Å². The molecular weight excluding hydrogens is 572 g/mol. The minimum absolute atomic E-state index is 0. The fourth-order valence-corrected chi connectivity index (χ4v) is 6.93. The smallest absolute Gasteiger partial charge is 0.260 e. The molecule has 0 fully saturated rings. The zero-order valence-corrected chi connectivity index (χ0v) is 25.7. The van der Waals surface area contributed by atoms with Gasteiger partial charge in [0.2, 0.25) is 10.0 Å². The lowest BCUT2D eigenvalue weighted by Crippen LogP contribution is -2.36. The maximum absolute atomic E-state index is 13.7. The Morgan fingerprint density at radius 3 is 2.28 bits per heavy atom. The Kier molecular flexibility index (Phi) is 10.9. The van der Waals surface area contributed by atoms with E-state index in [4.69, 9.17) is 4.98 Å². The van der Waals surface area contributed by atoms with Crippen molar-refractivity contribution < 1.29 is 13.2 Å². The second-order valence-corrected chi connectivity index (χ2v) is 12.9. The molecule has 0 bridgehead atoms. The van der Waals surface area contributed by atoms with Crippen molar-refractivity contribution in [3.8, 4) is 0 Å². The van der Waals surface area contributed by atoms with E-state index >= 15 is 0 Å². The Balaban J connectivity index is 0.00000420. The summed E-state index contributed by atoms with van der Waals surface area (Å²) >= 11 is 3.15. The highest BCUT2D eigenvalue weighted by Crippen LogP contribution is 2.32. The topological polar surface area (TPSA) is 73.8 Å². The molecule has 1 aromatic heterocycles. The van der Waals surface area contributed by atoms with E-state index in [1.165, 1.54) is 27.8 Å². The Labute approximate surface area is 245 Å². The summed E-state index contributed by atoms with van der Waals surface area (Å²) in [6, 6.07) is 21.8. The number of likely N-dealkylation sites (N-methyl/N-ethyl adjacent to an activating group) is 1. The van der Waals surface area contributed by atoms with Crippen molar-refractivity contribution in [1.82, 2.24) is 14.2 Å². The zero-order chi connectivity index (χ0) is 27.3. The van der Waals surface area contributed by atoms with Gasteiger partial charge in [0.1, 0.15) is 0 Å². The number of fused-ring (bicyclic) bond motifs is 1. The molecule has 1 amide bonds. The lowest BCUT2D eigenvalue weighted by atomic mass is 10.2. The summed E-state index contributed by atoms with van der Waals surface area (Å²) in [4.78, 5) is 23.4. The number of carbonyl (C=O) groups is 1. The maximum Gasteiger partial charge on any atom is 0.260 e. The van der Waals surface area contributed by atoms with Crippen molar-refractivity contribution in [2.24, 2.45) is 0 Å². The van der Waals surface area contributed by atoms with E-state index in [-0.39, 0.29) is 29.8 Å². The molecule has 3 aromatic carbocycles. The maximum atomic E-state index is 13.7. The van der Waals surface area contributed by atoms with Crippen LogP contribution in [0.25, 0.3) is 10.2 Å². The molecule has 0 aliphatic heterocycles. The van der Waals surface area contributed by atoms with Gasteiger partial charge in [0.15, 0.2) is 5.13 Å². The van der Waals surface area contributed by atoms with Gasteiger partial charge in [-0.1, -0.05) is 48.6 Å². The fourth-order valence-electron chi connectivity index (χ4n) is 3.95. The summed E-state index contributed by atoms with van der Waals surface area (Å²) in [7, 11) is 0.197. The van der Waals surface area contributed by atoms with Crippen molar-refractivity contribution in [2.75, 3.05) is 44.9 Å². The predicted molar refractivity (Wildman–Crippen MR) is 165 cm³/mol. The van der Waals surface area contributed by atoms with Crippen LogP contribution in [-0.4, -0.2) is 68.5 Å². The molecule has 0 N–H and O–H groups in total. The molecule has 0 atom stereocenters. The summed E-state index contributed by atoms with van der Waals surface area (Å²) in [5.74, 6) is -0.212. The molecule has 1 heterocycles. The summed E-state index contributed by atoms with van der Waals surface area (Å²) < 4.78 is 29.2. The van der Waals surface area contributed by atoms with Crippen molar-refractivity contribution in [3.05, 3.63) is 83.9 Å². The van der Waals surface area contributed by atoms with Crippen LogP contribution in [0.5, 0.6) is 0 Å². The molecular formula is C28H33ClN4O3S3. The van der Waals surface area contributed by atoms with Crippen LogP contribution in [0.1, 0.15) is 22.8 Å². The first-order valence-corrected chi connectivity index (χ1v) is 15.8. The molecule has 0 unspecified atom stereocenters. The zero-order valence-electron chi connectivity index (χ0n) is 22.4. The van der Waals surface area contributed by atoms with Crippen LogP contribution in [0.4, 0.5) is 5.13 Å². The highest BCUT2D eigenvalue weighted by molar-refractivity contribution is 7.98. The van der Waals surface area contributed by atoms with Gasteiger partial charge < -0.3 is 4.90 Å². The number of aromatic nitrogens is 1. The summed E-state index contributed by atoms with van der Waals surface area (Å²) in [6.45, 7) is 3.57. The number of anilines is 1. The average molecular weight is 605 g/mol. The number of carbonyl (C=O) groups excluding carboxylic acids is 1. The van der Waals surface area contributed by atoms with Crippen LogP contribution in [0.2, 0.25) is 0 Å². The molecule has 208 valence electrons. The molecule has 4 rings (SSSR count). The molecule has 0 saturated carbocycles. The van der Waals surface area contributed by atoms with E-state index in [0.29, 0.717) is 30.3 Å². The molecule has 0 spiro atoms. The largest absolute Gasteiger partial charge is 0.308 e. The van der Waals surface area contributed by atoms with E-state index < -0.39 is 10.0 Å². The van der Waals surface area contributed by atoms with E-state index in [1.54, 1.807) is 28.8 Å². The molecule has 0 saturated heterocycles. The number of nitrogens with zero attached hydrogens (tertiary/aromatic N) is 4. The quantitative estimate of drug-likeness (QED) is 0.200. The fraction of sp³-hybridized carbons (Fsp3) is 0.286. The Hall–Kier alpha value is -2.47. The van der Waals surface area contributed by atoms with Crippen molar-refractivity contribution in [2.45, 2.75) is 23.3 Å². The molecule has 11 heteroatoms. The van der Waals surface area contributed by atoms with E-state index in [1.807, 2.05) is 74.6 Å². The summed E-state index contributed by atoms with van der Waals surface area (Å²) in [6.07, 6.45) is 2.03. The Bertz CT molecular complexity index is 1490. The average Bonchev–Trinajstić information content (AvgIpc) is 3.35. The van der Waals surface area contributed by atoms with Crippen molar-refractivity contribution in [3.63, 3.8) is 0 Å². The Morgan fingerprint density at radius 1 is 0.974 bits per heavy atom. The summed E-state index contributed by atoms with van der Waals surface area (Å²) in [5.41, 5.74) is 2.18. The number of sulfonamides is 1. The van der Waals surface area contributed by atoms with Crippen LogP contribution in [0.15, 0.2) is 82.6 Å². The minimum Gasteiger partial charge on any atom is -0.308 e. The highest BCUT2D eigenvalue weighted by atomic mass is 35.5. The van der Waals surface area contributed by atoms with E-state index in [2.05, 4.69) is 6.07 Å².